The van der Waals surface area contributed by atoms with Crippen molar-refractivity contribution in [2.45, 2.75) is 13.1 Å². The molecule has 0 fully saturated rings. The molecule has 2 aromatic rings. The number of aryl methyl sites for hydroxylation is 2. The Balaban J connectivity index is 2.24. The van der Waals surface area contributed by atoms with E-state index in [1.165, 1.54) is 7.05 Å². The summed E-state index contributed by atoms with van der Waals surface area (Å²) in [6.45, 7) is 1.91. The minimum absolute atomic E-state index is 0.0474. The minimum Gasteiger partial charge on any atom is -0.439 e. The van der Waals surface area contributed by atoms with E-state index < -0.39 is 11.9 Å². The van der Waals surface area contributed by atoms with Gasteiger partial charge in [0, 0.05) is 13.1 Å². The summed E-state index contributed by atoms with van der Waals surface area (Å²) >= 11 is 0. The molecule has 0 aliphatic carbocycles. The zero-order valence-electron chi connectivity index (χ0n) is 9.82. The van der Waals surface area contributed by atoms with E-state index in [9.17, 15) is 13.2 Å². The van der Waals surface area contributed by atoms with Gasteiger partial charge in [-0.1, -0.05) is 17.7 Å². The van der Waals surface area contributed by atoms with Crippen LogP contribution in [-0.4, -0.2) is 9.78 Å². The van der Waals surface area contributed by atoms with Crippen molar-refractivity contribution in [3.8, 4) is 11.6 Å². The van der Waals surface area contributed by atoms with Crippen LogP contribution >= 0.6 is 0 Å². The Hall–Kier alpha value is -1.98. The van der Waals surface area contributed by atoms with Gasteiger partial charge in [-0.3, -0.25) is 0 Å². The number of alkyl halides is 3. The lowest BCUT2D eigenvalue weighted by Gasteiger charge is -2.04. The summed E-state index contributed by atoms with van der Waals surface area (Å²) in [5.74, 6) is 0.517. The lowest BCUT2D eigenvalue weighted by atomic mass is 10.2. The third-order valence-electron chi connectivity index (χ3n) is 2.37. The molecule has 0 saturated heterocycles. The first-order chi connectivity index (χ1) is 8.36. The smallest absolute Gasteiger partial charge is 0.435 e. The lowest BCUT2D eigenvalue weighted by molar-refractivity contribution is -0.141. The molecule has 0 amide bonds. The van der Waals surface area contributed by atoms with E-state index in [1.807, 2.05) is 19.1 Å². The first-order valence-electron chi connectivity index (χ1n) is 5.22. The van der Waals surface area contributed by atoms with Gasteiger partial charge >= 0.3 is 6.18 Å². The highest BCUT2D eigenvalue weighted by atomic mass is 19.4. The van der Waals surface area contributed by atoms with Gasteiger partial charge in [-0.25, -0.2) is 4.68 Å². The normalized spacial score (nSPS) is 11.6. The Morgan fingerprint density at radius 2 is 1.78 bits per heavy atom. The molecular formula is C12H11F3N2O. The predicted octanol–water partition coefficient (Wildman–Crippen LogP) is 3.54. The average molecular weight is 256 g/mol. The lowest BCUT2D eigenvalue weighted by Crippen LogP contribution is -2.06. The Kier molecular flexibility index (Phi) is 3.02. The molecule has 2 rings (SSSR count). The minimum atomic E-state index is -4.47. The van der Waals surface area contributed by atoms with Gasteiger partial charge in [0.2, 0.25) is 5.88 Å². The molecule has 18 heavy (non-hydrogen) atoms. The molecule has 0 saturated carbocycles. The van der Waals surface area contributed by atoms with Crippen LogP contribution in [0.2, 0.25) is 0 Å². The van der Waals surface area contributed by atoms with Crippen molar-refractivity contribution in [2.24, 2.45) is 7.05 Å². The maximum Gasteiger partial charge on any atom is 0.435 e. The van der Waals surface area contributed by atoms with Gasteiger partial charge in [-0.05, 0) is 19.1 Å². The Morgan fingerprint density at radius 1 is 1.17 bits per heavy atom. The van der Waals surface area contributed by atoms with Crippen LogP contribution in [0.1, 0.15) is 11.3 Å². The van der Waals surface area contributed by atoms with E-state index in [0.717, 1.165) is 16.3 Å². The van der Waals surface area contributed by atoms with E-state index in [4.69, 9.17) is 4.74 Å². The maximum absolute atomic E-state index is 12.4. The summed E-state index contributed by atoms with van der Waals surface area (Å²) < 4.78 is 43.7. The number of halogens is 3. The average Bonchev–Trinajstić information content (AvgIpc) is 2.63. The topological polar surface area (TPSA) is 27.1 Å². The summed E-state index contributed by atoms with van der Waals surface area (Å²) in [6, 6.07) is 7.89. The highest BCUT2D eigenvalue weighted by Crippen LogP contribution is 2.31. The molecule has 0 atom stereocenters. The van der Waals surface area contributed by atoms with Crippen molar-refractivity contribution in [1.82, 2.24) is 9.78 Å². The molecule has 1 heterocycles. The molecule has 3 nitrogen and oxygen atoms in total. The highest BCUT2D eigenvalue weighted by Gasteiger charge is 2.35. The van der Waals surface area contributed by atoms with Crippen LogP contribution in [-0.2, 0) is 13.2 Å². The second-order valence-corrected chi connectivity index (χ2v) is 3.90. The zero-order chi connectivity index (χ0) is 13.3. The number of hydrogen-bond donors (Lipinski definition) is 0. The first kappa shape index (κ1) is 12.5. The molecular weight excluding hydrogens is 245 g/mol. The number of ether oxygens (including phenoxy) is 1. The maximum atomic E-state index is 12.4. The Labute approximate surface area is 102 Å². The van der Waals surface area contributed by atoms with Gasteiger partial charge in [0.25, 0.3) is 0 Å². The number of hydrogen-bond acceptors (Lipinski definition) is 2. The second kappa shape index (κ2) is 4.36. The molecule has 0 radical (unpaired) electrons. The molecule has 6 heteroatoms. The number of nitrogens with zero attached hydrogens (tertiary/aromatic N) is 2. The summed E-state index contributed by atoms with van der Waals surface area (Å²) in [4.78, 5) is 0. The summed E-state index contributed by atoms with van der Waals surface area (Å²) in [5, 5.41) is 3.36. The van der Waals surface area contributed by atoms with E-state index >= 15 is 0 Å². The van der Waals surface area contributed by atoms with Crippen LogP contribution in [0, 0.1) is 6.92 Å². The zero-order valence-corrected chi connectivity index (χ0v) is 9.82. The summed E-state index contributed by atoms with van der Waals surface area (Å²) in [7, 11) is 1.40. The molecule has 0 N–H and O–H groups in total. The molecule has 0 unspecified atom stereocenters. The quantitative estimate of drug-likeness (QED) is 0.821. The van der Waals surface area contributed by atoms with Crippen molar-refractivity contribution in [3.05, 3.63) is 41.6 Å². The molecule has 1 aromatic heterocycles. The Bertz CT molecular complexity index is 543. The second-order valence-electron chi connectivity index (χ2n) is 3.90. The highest BCUT2D eigenvalue weighted by molar-refractivity contribution is 5.31. The van der Waals surface area contributed by atoms with Gasteiger partial charge < -0.3 is 4.74 Å². The number of rotatable bonds is 2. The summed E-state index contributed by atoms with van der Waals surface area (Å²) in [6.07, 6.45) is -4.47. The van der Waals surface area contributed by atoms with Crippen LogP contribution in [0.5, 0.6) is 11.6 Å². The van der Waals surface area contributed by atoms with Gasteiger partial charge in [0.15, 0.2) is 5.69 Å². The molecule has 0 aliphatic heterocycles. The van der Waals surface area contributed by atoms with Crippen LogP contribution in [0.3, 0.4) is 0 Å². The van der Waals surface area contributed by atoms with E-state index in [2.05, 4.69) is 5.10 Å². The van der Waals surface area contributed by atoms with Crippen LogP contribution in [0.25, 0.3) is 0 Å². The molecule has 0 bridgehead atoms. The standard InChI is InChI=1S/C12H11F3N2O/c1-8-3-5-9(6-4-8)18-11-7-10(12(13,14)15)16-17(11)2/h3-7H,1-2H3. The van der Waals surface area contributed by atoms with Crippen molar-refractivity contribution >= 4 is 0 Å². The van der Waals surface area contributed by atoms with Crippen LogP contribution in [0.4, 0.5) is 13.2 Å². The fourth-order valence-corrected chi connectivity index (χ4v) is 1.41. The van der Waals surface area contributed by atoms with Crippen molar-refractivity contribution in [2.75, 3.05) is 0 Å². The van der Waals surface area contributed by atoms with Crippen LogP contribution < -0.4 is 4.74 Å². The van der Waals surface area contributed by atoms with Gasteiger partial charge in [-0.15, -0.1) is 0 Å². The third kappa shape index (κ3) is 2.64. The SMILES string of the molecule is Cc1ccc(Oc2cc(C(F)(F)F)nn2C)cc1. The first-order valence-corrected chi connectivity index (χ1v) is 5.22. The third-order valence-corrected chi connectivity index (χ3v) is 2.37. The molecule has 1 aromatic carbocycles. The number of aromatic nitrogens is 2. The molecule has 0 aliphatic rings. The van der Waals surface area contributed by atoms with E-state index in [0.29, 0.717) is 5.75 Å². The van der Waals surface area contributed by atoms with Gasteiger partial charge in [0.05, 0.1) is 0 Å². The molecule has 0 spiro atoms. The van der Waals surface area contributed by atoms with Crippen LogP contribution in [0.15, 0.2) is 30.3 Å². The summed E-state index contributed by atoms with van der Waals surface area (Å²) in [5.41, 5.74) is 0.0791. The fraction of sp³-hybridized carbons (Fsp3) is 0.250. The monoisotopic (exact) mass is 256 g/mol. The molecule has 96 valence electrons. The van der Waals surface area contributed by atoms with E-state index in [-0.39, 0.29) is 5.88 Å². The fourth-order valence-electron chi connectivity index (χ4n) is 1.41. The van der Waals surface area contributed by atoms with Crippen molar-refractivity contribution in [3.63, 3.8) is 0 Å². The number of benzene rings is 1. The van der Waals surface area contributed by atoms with E-state index in [1.54, 1.807) is 12.1 Å². The van der Waals surface area contributed by atoms with Crippen molar-refractivity contribution < 1.29 is 17.9 Å². The Morgan fingerprint density at radius 3 is 2.28 bits per heavy atom. The largest absolute Gasteiger partial charge is 0.439 e. The predicted molar refractivity (Wildman–Crippen MR) is 59.5 cm³/mol. The van der Waals surface area contributed by atoms with Gasteiger partial charge in [0.1, 0.15) is 5.75 Å². The van der Waals surface area contributed by atoms with Crippen molar-refractivity contribution in [1.29, 1.82) is 0 Å². The van der Waals surface area contributed by atoms with Gasteiger partial charge in [-0.2, -0.15) is 18.3 Å².